The van der Waals surface area contributed by atoms with E-state index < -0.39 is 11.9 Å². The number of benzene rings is 3. The summed E-state index contributed by atoms with van der Waals surface area (Å²) in [4.78, 5) is 24.0. The summed E-state index contributed by atoms with van der Waals surface area (Å²) >= 11 is 0. The van der Waals surface area contributed by atoms with Crippen LogP contribution in [0.4, 0.5) is 0 Å². The van der Waals surface area contributed by atoms with Gasteiger partial charge in [-0.1, -0.05) is 107 Å². The van der Waals surface area contributed by atoms with Crippen molar-refractivity contribution in [2.75, 3.05) is 0 Å². The van der Waals surface area contributed by atoms with E-state index in [4.69, 9.17) is 4.74 Å². The molecule has 0 saturated carbocycles. The molecule has 1 atom stereocenters. The maximum absolute atomic E-state index is 12.8. The minimum Gasteiger partial charge on any atom is -0.481 e. The van der Waals surface area contributed by atoms with E-state index in [0.29, 0.717) is 30.6 Å². The lowest BCUT2D eigenvalue weighted by atomic mass is 9.84. The molecule has 0 radical (unpaired) electrons. The topological polar surface area (TPSA) is 63.6 Å². The van der Waals surface area contributed by atoms with Crippen LogP contribution < -0.4 is 4.74 Å². The number of carbonyl (C=O) groups is 2. The van der Waals surface area contributed by atoms with Gasteiger partial charge in [0, 0.05) is 0 Å². The van der Waals surface area contributed by atoms with Crippen molar-refractivity contribution in [2.24, 2.45) is 5.92 Å². The number of rotatable bonds is 15. The Balaban J connectivity index is 1.20. The van der Waals surface area contributed by atoms with Crippen molar-refractivity contribution in [3.63, 3.8) is 0 Å². The summed E-state index contributed by atoms with van der Waals surface area (Å²) in [7, 11) is 0. The molecule has 0 fully saturated rings. The van der Waals surface area contributed by atoms with Crippen molar-refractivity contribution in [1.29, 1.82) is 0 Å². The highest BCUT2D eigenvalue weighted by molar-refractivity contribution is 5.91. The molecule has 1 N–H and O–H groups in total. The van der Waals surface area contributed by atoms with Crippen LogP contribution in [0.15, 0.2) is 66.7 Å². The first-order valence-corrected chi connectivity index (χ1v) is 15.3. The van der Waals surface area contributed by atoms with Gasteiger partial charge in [-0.15, -0.1) is 0 Å². The van der Waals surface area contributed by atoms with Gasteiger partial charge in [0.15, 0.2) is 0 Å². The normalized spacial score (nSPS) is 14.5. The maximum atomic E-state index is 12.8. The largest absolute Gasteiger partial charge is 0.481 e. The molecule has 4 heteroatoms. The van der Waals surface area contributed by atoms with Crippen LogP contribution in [0.2, 0.25) is 0 Å². The molecule has 1 aliphatic rings. The highest BCUT2D eigenvalue weighted by atomic mass is 16.5. The zero-order valence-electron chi connectivity index (χ0n) is 24.0. The van der Waals surface area contributed by atoms with Crippen molar-refractivity contribution >= 4 is 11.9 Å². The van der Waals surface area contributed by atoms with Crippen molar-refractivity contribution in [2.45, 2.75) is 96.8 Å². The van der Waals surface area contributed by atoms with Crippen LogP contribution in [0.3, 0.4) is 0 Å². The Morgan fingerprint density at radius 2 is 1.35 bits per heavy atom. The van der Waals surface area contributed by atoms with E-state index in [9.17, 15) is 14.7 Å². The molecule has 0 amide bonds. The molecule has 0 heterocycles. The second kappa shape index (κ2) is 15.4. The van der Waals surface area contributed by atoms with Gasteiger partial charge in [0.05, 0.1) is 11.5 Å². The highest BCUT2D eigenvalue weighted by Crippen LogP contribution is 2.29. The maximum Gasteiger partial charge on any atom is 0.343 e. The number of esters is 1. The van der Waals surface area contributed by atoms with Gasteiger partial charge in [0.1, 0.15) is 5.75 Å². The predicted octanol–water partition coefficient (Wildman–Crippen LogP) is 9.23. The van der Waals surface area contributed by atoms with Crippen molar-refractivity contribution < 1.29 is 19.4 Å². The Morgan fingerprint density at radius 1 is 0.750 bits per heavy atom. The Labute approximate surface area is 239 Å². The van der Waals surface area contributed by atoms with Crippen molar-refractivity contribution in [3.8, 4) is 16.9 Å². The number of carboxylic acids is 1. The van der Waals surface area contributed by atoms with Gasteiger partial charge in [-0.05, 0) is 84.2 Å². The van der Waals surface area contributed by atoms with Gasteiger partial charge in [-0.3, -0.25) is 4.79 Å². The molecular weight excluding hydrogens is 496 g/mol. The van der Waals surface area contributed by atoms with Crippen LogP contribution in [-0.4, -0.2) is 17.0 Å². The van der Waals surface area contributed by atoms with Crippen LogP contribution in [-0.2, 0) is 24.1 Å². The third-order valence-electron chi connectivity index (χ3n) is 8.19. The summed E-state index contributed by atoms with van der Waals surface area (Å²) < 4.78 is 5.63. The van der Waals surface area contributed by atoms with E-state index in [1.54, 1.807) is 6.07 Å². The van der Waals surface area contributed by atoms with Gasteiger partial charge < -0.3 is 9.84 Å². The monoisotopic (exact) mass is 540 g/mol. The van der Waals surface area contributed by atoms with Crippen molar-refractivity contribution in [1.82, 2.24) is 0 Å². The number of aryl methyl sites for hydroxylation is 2. The van der Waals surface area contributed by atoms with Gasteiger partial charge in [-0.2, -0.15) is 0 Å². The van der Waals surface area contributed by atoms with Crippen LogP contribution in [0.5, 0.6) is 5.75 Å². The third-order valence-corrected chi connectivity index (χ3v) is 8.19. The molecule has 4 rings (SSSR count). The fourth-order valence-corrected chi connectivity index (χ4v) is 5.65. The lowest BCUT2D eigenvalue weighted by Gasteiger charge is -2.21. The van der Waals surface area contributed by atoms with E-state index in [-0.39, 0.29) is 5.92 Å². The van der Waals surface area contributed by atoms with Gasteiger partial charge in [0.25, 0.3) is 0 Å². The van der Waals surface area contributed by atoms with Gasteiger partial charge in [0.2, 0.25) is 0 Å². The number of unbranched alkanes of at least 4 members (excludes halogenated alkanes) is 9. The Bertz CT molecular complexity index is 1230. The average molecular weight is 541 g/mol. The van der Waals surface area contributed by atoms with E-state index in [1.165, 1.54) is 69.8 Å². The van der Waals surface area contributed by atoms with E-state index in [0.717, 1.165) is 28.7 Å². The van der Waals surface area contributed by atoms with Crippen LogP contribution in [0, 0.1) is 5.92 Å². The molecule has 1 aliphatic carbocycles. The molecule has 0 aliphatic heterocycles. The number of ether oxygens (including phenoxy) is 1. The second-order valence-electron chi connectivity index (χ2n) is 11.3. The van der Waals surface area contributed by atoms with Gasteiger partial charge >= 0.3 is 11.9 Å². The smallest absolute Gasteiger partial charge is 0.343 e. The minimum absolute atomic E-state index is 0.333. The number of carboxylic acid groups (broad SMARTS) is 1. The number of fused-ring (bicyclic) bond motifs is 1. The minimum atomic E-state index is -0.745. The zero-order valence-corrected chi connectivity index (χ0v) is 24.0. The van der Waals surface area contributed by atoms with Crippen LogP contribution in [0.25, 0.3) is 11.1 Å². The molecular formula is C36H44O4. The molecule has 1 unspecified atom stereocenters. The summed E-state index contributed by atoms with van der Waals surface area (Å²) in [5, 5.41) is 9.28. The second-order valence-corrected chi connectivity index (χ2v) is 11.3. The lowest BCUT2D eigenvalue weighted by molar-refractivity contribution is -0.142. The summed E-state index contributed by atoms with van der Waals surface area (Å²) in [5.41, 5.74) is 6.19. The average Bonchev–Trinajstić information content (AvgIpc) is 2.98. The fourth-order valence-electron chi connectivity index (χ4n) is 5.65. The first kappa shape index (κ1) is 29.6. The lowest BCUT2D eigenvalue weighted by Crippen LogP contribution is -2.22. The Kier molecular flexibility index (Phi) is 11.4. The van der Waals surface area contributed by atoms with Crippen LogP contribution in [0.1, 0.15) is 105 Å². The Hall–Kier alpha value is -3.40. The van der Waals surface area contributed by atoms with E-state index in [1.807, 2.05) is 36.4 Å². The van der Waals surface area contributed by atoms with Crippen molar-refractivity contribution in [3.05, 3.63) is 89.0 Å². The molecule has 4 nitrogen and oxygen atoms in total. The van der Waals surface area contributed by atoms with Gasteiger partial charge in [-0.25, -0.2) is 4.79 Å². The standard InChI is InChI=1S/C36H44O4/c1-2-3-4-5-6-7-8-9-10-11-12-27-13-15-28(16-14-27)29-17-19-30(20-18-29)36(39)40-34-24-23-31-25-33(35(37)38)22-21-32(31)26-34/h13-20,23-24,26,33H,2-12,21-22,25H2,1H3,(H,37,38). The SMILES string of the molecule is CCCCCCCCCCCCc1ccc(-c2ccc(C(=O)Oc3ccc4c(c3)CCC(C(=O)O)C4)cc2)cc1. The predicted molar refractivity (Wildman–Crippen MR) is 162 cm³/mol. The summed E-state index contributed by atoms with van der Waals surface area (Å²) in [6.07, 6.45) is 16.5. The Morgan fingerprint density at radius 3 is 1.98 bits per heavy atom. The molecule has 0 saturated heterocycles. The number of hydrogen-bond donors (Lipinski definition) is 1. The number of aliphatic carboxylic acids is 1. The number of carbonyl (C=O) groups excluding carboxylic acids is 1. The molecule has 40 heavy (non-hydrogen) atoms. The summed E-state index contributed by atoms with van der Waals surface area (Å²) in [5.74, 6) is -0.970. The third kappa shape index (κ3) is 8.81. The molecule has 0 bridgehead atoms. The fraction of sp³-hybridized carbons (Fsp3) is 0.444. The first-order valence-electron chi connectivity index (χ1n) is 15.3. The molecule has 0 aromatic heterocycles. The first-order chi connectivity index (χ1) is 19.5. The summed E-state index contributed by atoms with van der Waals surface area (Å²) in [6, 6.07) is 21.8. The quantitative estimate of drug-likeness (QED) is 0.119. The molecule has 3 aromatic rings. The molecule has 0 spiro atoms. The summed E-state index contributed by atoms with van der Waals surface area (Å²) in [6.45, 7) is 2.27. The highest BCUT2D eigenvalue weighted by Gasteiger charge is 2.24. The number of hydrogen-bond acceptors (Lipinski definition) is 3. The van der Waals surface area contributed by atoms with E-state index >= 15 is 0 Å². The zero-order chi connectivity index (χ0) is 28.2. The molecule has 212 valence electrons. The van der Waals surface area contributed by atoms with E-state index in [2.05, 4.69) is 31.2 Å². The molecule has 3 aromatic carbocycles. The van der Waals surface area contributed by atoms with Crippen LogP contribution >= 0.6 is 0 Å².